The molecule has 0 bridgehead atoms. The molecule has 1 amide bonds. The fourth-order valence-corrected chi connectivity index (χ4v) is 2.72. The van der Waals surface area contributed by atoms with Crippen molar-refractivity contribution in [1.82, 2.24) is 24.9 Å². The predicted molar refractivity (Wildman–Crippen MR) is 84.2 cm³/mol. The summed E-state index contributed by atoms with van der Waals surface area (Å²) in [6, 6.07) is 3.79. The number of rotatable bonds is 4. The van der Waals surface area contributed by atoms with E-state index in [1.807, 2.05) is 18.7 Å². The van der Waals surface area contributed by atoms with Crippen LogP contribution in [-0.4, -0.2) is 50.0 Å². The van der Waals surface area contributed by atoms with Gasteiger partial charge in [-0.2, -0.15) is 15.0 Å². The summed E-state index contributed by atoms with van der Waals surface area (Å²) in [5.41, 5.74) is 0.594. The monoisotopic (exact) mass is 315 g/mol. The first-order chi connectivity index (χ1) is 11.1. The van der Waals surface area contributed by atoms with Crippen molar-refractivity contribution in [3.63, 3.8) is 0 Å². The van der Waals surface area contributed by atoms with Crippen molar-refractivity contribution >= 4 is 5.91 Å². The predicted octanol–water partition coefficient (Wildman–Crippen LogP) is 1.94. The number of hydrogen-bond donors (Lipinski definition) is 0. The molecule has 1 aliphatic rings. The highest BCUT2D eigenvalue weighted by atomic mass is 16.5. The van der Waals surface area contributed by atoms with Gasteiger partial charge in [-0.1, -0.05) is 0 Å². The Morgan fingerprint density at radius 1 is 1.22 bits per heavy atom. The first-order valence-corrected chi connectivity index (χ1v) is 7.91. The Bertz CT molecular complexity index is 631. The topological polar surface area (TPSA) is 73.1 Å². The molecule has 7 nitrogen and oxygen atoms in total. The van der Waals surface area contributed by atoms with Crippen molar-refractivity contribution in [2.75, 3.05) is 13.1 Å². The van der Waals surface area contributed by atoms with Gasteiger partial charge in [0.25, 0.3) is 5.91 Å². The molecule has 0 N–H and O–H groups in total. The fourth-order valence-electron chi connectivity index (χ4n) is 2.72. The molecule has 7 heteroatoms. The minimum atomic E-state index is 0.0143. The van der Waals surface area contributed by atoms with Crippen LogP contribution in [0, 0.1) is 0 Å². The Balaban J connectivity index is 1.58. The number of nitrogens with zero attached hydrogens (tertiary/aromatic N) is 5. The number of amides is 1. The summed E-state index contributed by atoms with van der Waals surface area (Å²) in [5, 5.41) is 8.36. The second-order valence-electron chi connectivity index (χ2n) is 5.92. The molecule has 3 heterocycles. The van der Waals surface area contributed by atoms with Crippen molar-refractivity contribution in [2.24, 2.45) is 0 Å². The first kappa shape index (κ1) is 15.5. The third kappa shape index (κ3) is 3.67. The molecule has 0 atom stereocenters. The van der Waals surface area contributed by atoms with Crippen LogP contribution < -0.4 is 4.74 Å². The zero-order valence-corrected chi connectivity index (χ0v) is 13.4. The van der Waals surface area contributed by atoms with E-state index >= 15 is 0 Å². The zero-order chi connectivity index (χ0) is 16.2. The van der Waals surface area contributed by atoms with Gasteiger partial charge in [0.2, 0.25) is 5.88 Å². The molecular weight excluding hydrogens is 294 g/mol. The number of aromatic nitrogens is 4. The molecule has 3 rings (SSSR count). The van der Waals surface area contributed by atoms with Gasteiger partial charge in [-0.25, -0.2) is 4.98 Å². The van der Waals surface area contributed by atoms with Gasteiger partial charge in [-0.15, -0.1) is 0 Å². The van der Waals surface area contributed by atoms with Crippen LogP contribution in [0.15, 0.2) is 30.7 Å². The molecule has 122 valence electrons. The molecular formula is C16H21N5O2. The summed E-state index contributed by atoms with van der Waals surface area (Å²) < 4.78 is 5.50. The van der Waals surface area contributed by atoms with E-state index in [0.29, 0.717) is 24.5 Å². The Morgan fingerprint density at radius 3 is 2.48 bits per heavy atom. The molecule has 1 saturated heterocycles. The number of piperidine rings is 1. The Kier molecular flexibility index (Phi) is 4.55. The van der Waals surface area contributed by atoms with E-state index in [2.05, 4.69) is 15.2 Å². The van der Waals surface area contributed by atoms with Gasteiger partial charge in [0.1, 0.15) is 0 Å². The smallest absolute Gasteiger partial charge is 0.255 e. The normalized spacial score (nSPS) is 15.9. The average Bonchev–Trinajstić information content (AvgIpc) is 3.09. The number of carbonyl (C=O) groups excluding carboxylic acids is 1. The number of likely N-dealkylation sites (tertiary alicyclic amines) is 1. The van der Waals surface area contributed by atoms with E-state index in [1.165, 1.54) is 0 Å². The van der Waals surface area contributed by atoms with Crippen LogP contribution in [0.1, 0.15) is 43.1 Å². The first-order valence-electron chi connectivity index (χ1n) is 7.91. The van der Waals surface area contributed by atoms with Gasteiger partial charge in [0.05, 0.1) is 30.1 Å². The summed E-state index contributed by atoms with van der Waals surface area (Å²) in [7, 11) is 0. The summed E-state index contributed by atoms with van der Waals surface area (Å²) in [4.78, 5) is 20.3. The SMILES string of the molecule is CC(C)Oc1ccc(C(=O)N2CCC(n3nccn3)CC2)cn1. The van der Waals surface area contributed by atoms with Gasteiger partial charge in [0.15, 0.2) is 0 Å². The molecule has 1 fully saturated rings. The van der Waals surface area contributed by atoms with Gasteiger partial charge < -0.3 is 9.64 Å². The Labute approximate surface area is 135 Å². The number of carbonyl (C=O) groups is 1. The summed E-state index contributed by atoms with van der Waals surface area (Å²) in [5.74, 6) is 0.556. The lowest BCUT2D eigenvalue weighted by Gasteiger charge is -2.31. The lowest BCUT2D eigenvalue weighted by atomic mass is 10.0. The van der Waals surface area contributed by atoms with Crippen LogP contribution in [0.4, 0.5) is 0 Å². The molecule has 0 aliphatic carbocycles. The van der Waals surface area contributed by atoms with Gasteiger partial charge in [0, 0.05) is 25.4 Å². The molecule has 23 heavy (non-hydrogen) atoms. The van der Waals surface area contributed by atoms with E-state index < -0.39 is 0 Å². The maximum atomic E-state index is 12.5. The second-order valence-corrected chi connectivity index (χ2v) is 5.92. The van der Waals surface area contributed by atoms with Gasteiger partial charge >= 0.3 is 0 Å². The van der Waals surface area contributed by atoms with Crippen LogP contribution >= 0.6 is 0 Å². The van der Waals surface area contributed by atoms with Crippen molar-refractivity contribution < 1.29 is 9.53 Å². The fraction of sp³-hybridized carbons (Fsp3) is 0.500. The molecule has 2 aromatic rings. The molecule has 0 spiro atoms. The lowest BCUT2D eigenvalue weighted by molar-refractivity contribution is 0.0683. The molecule has 0 radical (unpaired) electrons. The van der Waals surface area contributed by atoms with Crippen LogP contribution in [0.5, 0.6) is 5.88 Å². The largest absolute Gasteiger partial charge is 0.475 e. The minimum absolute atomic E-state index is 0.0143. The highest BCUT2D eigenvalue weighted by molar-refractivity contribution is 5.94. The Hall–Kier alpha value is -2.44. The van der Waals surface area contributed by atoms with Crippen molar-refractivity contribution in [2.45, 2.75) is 38.8 Å². The van der Waals surface area contributed by atoms with E-state index in [4.69, 9.17) is 4.74 Å². The highest BCUT2D eigenvalue weighted by Gasteiger charge is 2.25. The van der Waals surface area contributed by atoms with Crippen LogP contribution in [-0.2, 0) is 0 Å². The zero-order valence-electron chi connectivity index (χ0n) is 13.4. The summed E-state index contributed by atoms with van der Waals surface area (Å²) in [6.07, 6.45) is 6.75. The number of hydrogen-bond acceptors (Lipinski definition) is 5. The second kappa shape index (κ2) is 6.76. The maximum Gasteiger partial charge on any atom is 0.255 e. The van der Waals surface area contributed by atoms with Gasteiger partial charge in [-0.05, 0) is 32.8 Å². The van der Waals surface area contributed by atoms with Crippen LogP contribution in [0.25, 0.3) is 0 Å². The standard InChI is InChI=1S/C16H21N5O2/c1-12(2)23-15-4-3-13(11-17-15)16(22)20-9-5-14(6-10-20)21-18-7-8-19-21/h3-4,7-8,11-12,14H,5-6,9-10H2,1-2H3. The average molecular weight is 315 g/mol. The quantitative estimate of drug-likeness (QED) is 0.862. The van der Waals surface area contributed by atoms with E-state index in [9.17, 15) is 4.79 Å². The lowest BCUT2D eigenvalue weighted by Crippen LogP contribution is -2.39. The summed E-state index contributed by atoms with van der Waals surface area (Å²) >= 11 is 0. The minimum Gasteiger partial charge on any atom is -0.475 e. The van der Waals surface area contributed by atoms with Crippen molar-refractivity contribution in [1.29, 1.82) is 0 Å². The maximum absolute atomic E-state index is 12.5. The van der Waals surface area contributed by atoms with Crippen molar-refractivity contribution in [3.8, 4) is 5.88 Å². The molecule has 0 aromatic carbocycles. The van der Waals surface area contributed by atoms with Crippen LogP contribution in [0.3, 0.4) is 0 Å². The number of ether oxygens (including phenoxy) is 1. The van der Waals surface area contributed by atoms with E-state index in [1.54, 1.807) is 35.5 Å². The third-order valence-corrected chi connectivity index (χ3v) is 3.85. The highest BCUT2D eigenvalue weighted by Crippen LogP contribution is 2.22. The molecule has 1 aliphatic heterocycles. The van der Waals surface area contributed by atoms with Crippen molar-refractivity contribution in [3.05, 3.63) is 36.3 Å². The van der Waals surface area contributed by atoms with Gasteiger partial charge in [-0.3, -0.25) is 4.79 Å². The van der Waals surface area contributed by atoms with Crippen LogP contribution in [0.2, 0.25) is 0 Å². The Morgan fingerprint density at radius 2 is 1.91 bits per heavy atom. The molecule has 0 unspecified atom stereocenters. The van der Waals surface area contributed by atoms with E-state index in [0.717, 1.165) is 12.8 Å². The van der Waals surface area contributed by atoms with E-state index in [-0.39, 0.29) is 18.1 Å². The number of pyridine rings is 1. The molecule has 0 saturated carbocycles. The molecule has 2 aromatic heterocycles. The third-order valence-electron chi connectivity index (χ3n) is 3.85. The summed E-state index contributed by atoms with van der Waals surface area (Å²) in [6.45, 7) is 5.29.